The van der Waals surface area contributed by atoms with Gasteiger partial charge in [0.25, 0.3) is 5.91 Å². The molecular formula is C33H31FN2O4. The lowest BCUT2D eigenvalue weighted by molar-refractivity contribution is -0.134. The minimum Gasteiger partial charge on any atom is -0.486 e. The van der Waals surface area contributed by atoms with Gasteiger partial charge in [0.05, 0.1) is 6.04 Å². The zero-order chi connectivity index (χ0) is 27.6. The highest BCUT2D eigenvalue weighted by Gasteiger charge is 2.39. The zero-order valence-corrected chi connectivity index (χ0v) is 22.4. The number of hydrogen-bond donors (Lipinski definition) is 1. The van der Waals surface area contributed by atoms with Gasteiger partial charge in [0.1, 0.15) is 23.9 Å². The summed E-state index contributed by atoms with van der Waals surface area (Å²) in [5.74, 6) is 0.993. The van der Waals surface area contributed by atoms with E-state index in [1.54, 1.807) is 24.3 Å². The molecule has 40 heavy (non-hydrogen) atoms. The van der Waals surface area contributed by atoms with Crippen molar-refractivity contribution >= 4 is 11.8 Å². The van der Waals surface area contributed by atoms with E-state index in [1.807, 2.05) is 17.0 Å². The number of ether oxygens (including phenoxy) is 1. The van der Waals surface area contributed by atoms with Crippen molar-refractivity contribution in [2.45, 2.75) is 45.4 Å². The Kier molecular flexibility index (Phi) is 7.11. The molecule has 0 radical (unpaired) electrons. The largest absolute Gasteiger partial charge is 0.486 e. The number of benzene rings is 3. The van der Waals surface area contributed by atoms with Gasteiger partial charge in [-0.1, -0.05) is 48.0 Å². The van der Waals surface area contributed by atoms with Gasteiger partial charge >= 0.3 is 0 Å². The molecule has 1 aromatic heterocycles. The Hall–Kier alpha value is -4.39. The first-order valence-corrected chi connectivity index (χ1v) is 13.7. The molecule has 1 fully saturated rings. The third-order valence-corrected chi connectivity index (χ3v) is 7.56. The van der Waals surface area contributed by atoms with Crippen molar-refractivity contribution in [3.63, 3.8) is 0 Å². The van der Waals surface area contributed by atoms with Crippen LogP contribution in [0, 0.1) is 18.7 Å². The standard InChI is InChI=1S/C33H31FN2O4/c1-21-5-7-24(8-6-21)31-29-18-27(12-11-23(29)15-16-36(31)33(38)25-9-10-25)39-20-28-13-14-30(40-28)32(37)35-19-22-3-2-4-26(34)17-22/h2-8,11-14,17-18,25,31H,9-10,15-16,19-20H2,1H3,(H,35,37)/t31-/m1/s1. The van der Waals surface area contributed by atoms with Crippen molar-refractivity contribution in [3.8, 4) is 5.75 Å². The Balaban J connectivity index is 1.16. The van der Waals surface area contributed by atoms with Gasteiger partial charge in [0.2, 0.25) is 5.91 Å². The topological polar surface area (TPSA) is 71.8 Å². The third-order valence-electron chi connectivity index (χ3n) is 7.56. The number of halogens is 1. The predicted octanol–water partition coefficient (Wildman–Crippen LogP) is 6.12. The average molecular weight is 539 g/mol. The third kappa shape index (κ3) is 5.64. The van der Waals surface area contributed by atoms with Crippen LogP contribution in [0.3, 0.4) is 0 Å². The number of aryl methyl sites for hydroxylation is 1. The van der Waals surface area contributed by atoms with Gasteiger partial charge in [-0.15, -0.1) is 0 Å². The molecule has 1 N–H and O–H groups in total. The molecule has 6 nitrogen and oxygen atoms in total. The number of carbonyl (C=O) groups excluding carboxylic acids is 2. The molecule has 1 atom stereocenters. The SMILES string of the molecule is Cc1ccc([C@@H]2c3cc(OCc4ccc(C(=O)NCc5cccc(F)c5)o4)ccc3CCN2C(=O)C2CC2)cc1. The molecule has 0 bridgehead atoms. The number of fused-ring (bicyclic) bond motifs is 1. The van der Waals surface area contributed by atoms with E-state index in [-0.39, 0.29) is 48.5 Å². The minimum atomic E-state index is -0.384. The average Bonchev–Trinajstić information content (AvgIpc) is 3.71. The van der Waals surface area contributed by atoms with Crippen molar-refractivity contribution in [1.29, 1.82) is 0 Å². The second-order valence-corrected chi connectivity index (χ2v) is 10.6. The fraction of sp³-hybridized carbons (Fsp3) is 0.273. The van der Waals surface area contributed by atoms with Gasteiger partial charge in [-0.25, -0.2) is 4.39 Å². The van der Waals surface area contributed by atoms with Crippen LogP contribution in [0.2, 0.25) is 0 Å². The van der Waals surface area contributed by atoms with Crippen molar-refractivity contribution < 1.29 is 23.1 Å². The van der Waals surface area contributed by atoms with E-state index in [0.717, 1.165) is 30.4 Å². The van der Waals surface area contributed by atoms with E-state index in [4.69, 9.17) is 9.15 Å². The molecule has 2 aliphatic rings. The van der Waals surface area contributed by atoms with Crippen molar-refractivity contribution in [2.75, 3.05) is 6.54 Å². The number of carbonyl (C=O) groups is 2. The van der Waals surface area contributed by atoms with Crippen molar-refractivity contribution in [2.24, 2.45) is 5.92 Å². The summed E-state index contributed by atoms with van der Waals surface area (Å²) in [4.78, 5) is 27.8. The molecule has 3 aromatic carbocycles. The first kappa shape index (κ1) is 25.9. The van der Waals surface area contributed by atoms with Crippen LogP contribution in [0.5, 0.6) is 5.75 Å². The molecule has 0 unspecified atom stereocenters. The van der Waals surface area contributed by atoms with E-state index in [9.17, 15) is 14.0 Å². The molecule has 2 amide bonds. The molecule has 1 saturated carbocycles. The smallest absolute Gasteiger partial charge is 0.287 e. The quantitative estimate of drug-likeness (QED) is 0.293. The number of hydrogen-bond acceptors (Lipinski definition) is 4. The van der Waals surface area contributed by atoms with E-state index < -0.39 is 0 Å². The van der Waals surface area contributed by atoms with Crippen LogP contribution in [-0.4, -0.2) is 23.3 Å². The Morgan fingerprint density at radius 2 is 1.85 bits per heavy atom. The highest BCUT2D eigenvalue weighted by Crippen LogP contribution is 2.41. The summed E-state index contributed by atoms with van der Waals surface area (Å²) in [6, 6.07) is 23.7. The first-order valence-electron chi connectivity index (χ1n) is 13.7. The van der Waals surface area contributed by atoms with E-state index in [1.165, 1.54) is 23.3 Å². The van der Waals surface area contributed by atoms with E-state index >= 15 is 0 Å². The van der Waals surface area contributed by atoms with E-state index in [2.05, 4.69) is 42.6 Å². The number of rotatable bonds is 8. The molecule has 0 spiro atoms. The molecule has 4 aromatic rings. The fourth-order valence-electron chi connectivity index (χ4n) is 5.24. The summed E-state index contributed by atoms with van der Waals surface area (Å²) in [6.45, 7) is 3.11. The van der Waals surface area contributed by atoms with Crippen LogP contribution in [0.4, 0.5) is 4.39 Å². The molecule has 2 heterocycles. The summed E-state index contributed by atoms with van der Waals surface area (Å²) in [5.41, 5.74) is 5.23. The maximum absolute atomic E-state index is 13.4. The van der Waals surface area contributed by atoms with Crippen molar-refractivity contribution in [1.82, 2.24) is 10.2 Å². The highest BCUT2D eigenvalue weighted by molar-refractivity contribution is 5.91. The lowest BCUT2D eigenvalue weighted by Crippen LogP contribution is -2.41. The van der Waals surface area contributed by atoms with Gasteiger partial charge in [-0.05, 0) is 84.8 Å². The second kappa shape index (κ2) is 11.0. The summed E-state index contributed by atoms with van der Waals surface area (Å²) in [7, 11) is 0. The summed E-state index contributed by atoms with van der Waals surface area (Å²) in [6.07, 6.45) is 2.75. The van der Waals surface area contributed by atoms with Crippen LogP contribution in [-0.2, 0) is 24.4 Å². The lowest BCUT2D eigenvalue weighted by Gasteiger charge is -2.38. The van der Waals surface area contributed by atoms with Crippen LogP contribution in [0.1, 0.15) is 63.0 Å². The summed E-state index contributed by atoms with van der Waals surface area (Å²) in [5, 5.41) is 2.74. The lowest BCUT2D eigenvalue weighted by atomic mass is 9.87. The number of nitrogens with zero attached hydrogens (tertiary/aromatic N) is 1. The normalized spacial score (nSPS) is 16.4. The first-order chi connectivity index (χ1) is 19.4. The van der Waals surface area contributed by atoms with Crippen LogP contribution in [0.25, 0.3) is 0 Å². The molecule has 6 rings (SSSR count). The van der Waals surface area contributed by atoms with Crippen molar-refractivity contribution in [3.05, 3.63) is 124 Å². The minimum absolute atomic E-state index is 0.146. The van der Waals surface area contributed by atoms with E-state index in [0.29, 0.717) is 23.6 Å². The Morgan fingerprint density at radius 1 is 1.02 bits per heavy atom. The number of amides is 2. The molecule has 204 valence electrons. The van der Waals surface area contributed by atoms with Gasteiger partial charge in [0.15, 0.2) is 5.76 Å². The molecule has 1 aliphatic heterocycles. The van der Waals surface area contributed by atoms with Gasteiger partial charge in [-0.3, -0.25) is 9.59 Å². The van der Waals surface area contributed by atoms with Gasteiger partial charge < -0.3 is 19.4 Å². The molecule has 0 saturated heterocycles. The van der Waals surface area contributed by atoms with Gasteiger partial charge in [0, 0.05) is 19.0 Å². The Morgan fingerprint density at radius 3 is 2.62 bits per heavy atom. The number of furan rings is 1. The van der Waals surface area contributed by atoms with Crippen LogP contribution < -0.4 is 10.1 Å². The fourth-order valence-corrected chi connectivity index (χ4v) is 5.24. The molecule has 1 aliphatic carbocycles. The maximum atomic E-state index is 13.4. The van der Waals surface area contributed by atoms with Crippen LogP contribution in [0.15, 0.2) is 83.3 Å². The Bertz CT molecular complexity index is 1540. The number of nitrogens with one attached hydrogen (secondary N) is 1. The highest BCUT2D eigenvalue weighted by atomic mass is 19.1. The van der Waals surface area contributed by atoms with Gasteiger partial charge in [-0.2, -0.15) is 0 Å². The molecule has 7 heteroatoms. The monoisotopic (exact) mass is 538 g/mol. The Labute approximate surface area is 232 Å². The maximum Gasteiger partial charge on any atom is 0.287 e. The summed E-state index contributed by atoms with van der Waals surface area (Å²) < 4.78 is 25.2. The second-order valence-electron chi connectivity index (χ2n) is 10.6. The zero-order valence-electron chi connectivity index (χ0n) is 22.4. The predicted molar refractivity (Wildman–Crippen MR) is 148 cm³/mol. The van der Waals surface area contributed by atoms with Crippen LogP contribution >= 0.6 is 0 Å². The molecular weight excluding hydrogens is 507 g/mol. The summed E-state index contributed by atoms with van der Waals surface area (Å²) >= 11 is 0.